The average Bonchev–Trinajstić information content (AvgIpc) is 2.79. The molecule has 7 heteroatoms. The van der Waals surface area contributed by atoms with Gasteiger partial charge in [-0.15, -0.1) is 0 Å². The van der Waals surface area contributed by atoms with Gasteiger partial charge < -0.3 is 15.4 Å². The SMILES string of the molecule is CC(=O)Nc1c(C)cccc1C(=O)OCC(=O)c1ccc(NC(=O)c2ccccc2)cc1. The summed E-state index contributed by atoms with van der Waals surface area (Å²) in [5.74, 6) is -1.68. The van der Waals surface area contributed by atoms with Gasteiger partial charge in [-0.25, -0.2) is 4.79 Å². The van der Waals surface area contributed by atoms with Gasteiger partial charge in [-0.2, -0.15) is 0 Å². The minimum Gasteiger partial charge on any atom is -0.454 e. The van der Waals surface area contributed by atoms with Gasteiger partial charge in [-0.1, -0.05) is 30.3 Å². The van der Waals surface area contributed by atoms with Gasteiger partial charge in [-0.3, -0.25) is 14.4 Å². The number of carbonyl (C=O) groups is 4. The van der Waals surface area contributed by atoms with E-state index in [1.807, 2.05) is 6.07 Å². The molecular weight excluding hydrogens is 408 g/mol. The summed E-state index contributed by atoms with van der Waals surface area (Å²) in [7, 11) is 0. The molecule has 0 atom stereocenters. The number of carbonyl (C=O) groups excluding carboxylic acids is 4. The second-order valence-corrected chi connectivity index (χ2v) is 7.08. The number of para-hydroxylation sites is 1. The molecule has 7 nitrogen and oxygen atoms in total. The number of anilines is 2. The van der Waals surface area contributed by atoms with Crippen molar-refractivity contribution in [2.24, 2.45) is 0 Å². The van der Waals surface area contributed by atoms with E-state index in [0.717, 1.165) is 0 Å². The third-order valence-corrected chi connectivity index (χ3v) is 4.63. The van der Waals surface area contributed by atoms with Crippen molar-refractivity contribution in [3.63, 3.8) is 0 Å². The highest BCUT2D eigenvalue weighted by Crippen LogP contribution is 2.21. The first-order chi connectivity index (χ1) is 15.3. The summed E-state index contributed by atoms with van der Waals surface area (Å²) in [6.45, 7) is 2.64. The van der Waals surface area contributed by atoms with Gasteiger partial charge in [0.05, 0.1) is 11.3 Å². The van der Waals surface area contributed by atoms with Crippen molar-refractivity contribution in [1.29, 1.82) is 0 Å². The first-order valence-corrected chi connectivity index (χ1v) is 9.89. The molecule has 0 unspecified atom stereocenters. The fraction of sp³-hybridized carbons (Fsp3) is 0.120. The Bertz CT molecular complexity index is 1150. The first-order valence-electron chi connectivity index (χ1n) is 9.89. The molecule has 0 bridgehead atoms. The van der Waals surface area contributed by atoms with E-state index < -0.39 is 18.4 Å². The molecule has 3 aromatic carbocycles. The highest BCUT2D eigenvalue weighted by atomic mass is 16.5. The molecule has 162 valence electrons. The van der Waals surface area contributed by atoms with Crippen LogP contribution in [-0.2, 0) is 9.53 Å². The molecule has 0 spiro atoms. The van der Waals surface area contributed by atoms with E-state index in [2.05, 4.69) is 10.6 Å². The molecule has 0 saturated carbocycles. The number of hydrogen-bond donors (Lipinski definition) is 2. The predicted octanol–water partition coefficient (Wildman–Crippen LogP) is 4.25. The number of benzene rings is 3. The van der Waals surface area contributed by atoms with Crippen molar-refractivity contribution >= 4 is 34.9 Å². The van der Waals surface area contributed by atoms with Crippen molar-refractivity contribution in [1.82, 2.24) is 0 Å². The van der Waals surface area contributed by atoms with Gasteiger partial charge in [0.15, 0.2) is 12.4 Å². The van der Waals surface area contributed by atoms with Gasteiger partial charge >= 0.3 is 5.97 Å². The van der Waals surface area contributed by atoms with Crippen LogP contribution in [0.4, 0.5) is 11.4 Å². The maximum Gasteiger partial charge on any atom is 0.340 e. The van der Waals surface area contributed by atoms with E-state index in [1.165, 1.54) is 13.0 Å². The molecule has 0 fully saturated rings. The van der Waals surface area contributed by atoms with Crippen LogP contribution in [0.15, 0.2) is 72.8 Å². The summed E-state index contributed by atoms with van der Waals surface area (Å²) < 4.78 is 5.16. The molecule has 0 heterocycles. The Balaban J connectivity index is 1.61. The van der Waals surface area contributed by atoms with Crippen molar-refractivity contribution in [3.8, 4) is 0 Å². The second-order valence-electron chi connectivity index (χ2n) is 7.08. The van der Waals surface area contributed by atoms with E-state index in [0.29, 0.717) is 28.1 Å². The van der Waals surface area contributed by atoms with Gasteiger partial charge in [0, 0.05) is 23.7 Å². The monoisotopic (exact) mass is 430 g/mol. The summed E-state index contributed by atoms with van der Waals surface area (Å²) in [5, 5.41) is 5.37. The van der Waals surface area contributed by atoms with Crippen molar-refractivity contribution < 1.29 is 23.9 Å². The summed E-state index contributed by atoms with van der Waals surface area (Å²) in [6, 6.07) is 20.0. The predicted molar refractivity (Wildman–Crippen MR) is 121 cm³/mol. The number of ether oxygens (including phenoxy) is 1. The highest BCUT2D eigenvalue weighted by Gasteiger charge is 2.17. The number of aryl methyl sites for hydroxylation is 1. The van der Waals surface area contributed by atoms with Gasteiger partial charge in [0.25, 0.3) is 5.91 Å². The van der Waals surface area contributed by atoms with Crippen LogP contribution in [0, 0.1) is 6.92 Å². The van der Waals surface area contributed by atoms with Crippen LogP contribution >= 0.6 is 0 Å². The highest BCUT2D eigenvalue weighted by molar-refractivity contribution is 6.05. The molecule has 0 aliphatic carbocycles. The van der Waals surface area contributed by atoms with Crippen molar-refractivity contribution in [3.05, 3.63) is 95.1 Å². The minimum atomic E-state index is -0.711. The summed E-state index contributed by atoms with van der Waals surface area (Å²) in [6.07, 6.45) is 0. The molecule has 0 radical (unpaired) electrons. The molecule has 32 heavy (non-hydrogen) atoms. The molecule has 3 aromatic rings. The lowest BCUT2D eigenvalue weighted by Gasteiger charge is -2.12. The number of amides is 2. The van der Waals surface area contributed by atoms with Crippen molar-refractivity contribution in [2.45, 2.75) is 13.8 Å². The summed E-state index contributed by atoms with van der Waals surface area (Å²) in [5.41, 5.74) is 2.63. The van der Waals surface area contributed by atoms with Crippen molar-refractivity contribution in [2.75, 3.05) is 17.2 Å². The van der Waals surface area contributed by atoms with E-state index in [-0.39, 0.29) is 17.4 Å². The fourth-order valence-corrected chi connectivity index (χ4v) is 3.00. The second kappa shape index (κ2) is 10.2. The Morgan fingerprint density at radius 3 is 2.12 bits per heavy atom. The molecule has 2 amide bonds. The van der Waals surface area contributed by atoms with Crippen LogP contribution in [0.25, 0.3) is 0 Å². The zero-order valence-corrected chi connectivity index (χ0v) is 17.7. The number of Topliss-reactive ketones (excluding diaryl/α,β-unsaturated/α-hetero) is 1. The summed E-state index contributed by atoms with van der Waals surface area (Å²) >= 11 is 0. The topological polar surface area (TPSA) is 102 Å². The van der Waals surface area contributed by atoms with Crippen LogP contribution in [0.5, 0.6) is 0 Å². The normalized spacial score (nSPS) is 10.2. The largest absolute Gasteiger partial charge is 0.454 e. The lowest BCUT2D eigenvalue weighted by atomic mass is 10.1. The average molecular weight is 430 g/mol. The van der Waals surface area contributed by atoms with E-state index in [4.69, 9.17) is 4.74 Å². The Morgan fingerprint density at radius 2 is 1.47 bits per heavy atom. The number of hydrogen-bond acceptors (Lipinski definition) is 5. The lowest BCUT2D eigenvalue weighted by Crippen LogP contribution is -2.17. The van der Waals surface area contributed by atoms with Gasteiger partial charge in [-0.05, 0) is 55.0 Å². The Kier molecular flexibility index (Phi) is 7.13. The molecule has 0 aliphatic heterocycles. The number of ketones is 1. The van der Waals surface area contributed by atoms with E-state index >= 15 is 0 Å². The fourth-order valence-electron chi connectivity index (χ4n) is 3.00. The smallest absolute Gasteiger partial charge is 0.340 e. The maximum atomic E-state index is 12.5. The Labute approximate surface area is 185 Å². The first kappa shape index (κ1) is 22.4. The molecule has 2 N–H and O–H groups in total. The zero-order valence-electron chi connectivity index (χ0n) is 17.7. The van der Waals surface area contributed by atoms with Crippen LogP contribution < -0.4 is 10.6 Å². The van der Waals surface area contributed by atoms with E-state index in [1.54, 1.807) is 67.6 Å². The molecule has 3 rings (SSSR count). The van der Waals surface area contributed by atoms with E-state index in [9.17, 15) is 19.2 Å². The molecule has 0 saturated heterocycles. The van der Waals surface area contributed by atoms with Crippen LogP contribution in [0.3, 0.4) is 0 Å². The molecule has 0 aliphatic rings. The lowest BCUT2D eigenvalue weighted by molar-refractivity contribution is -0.114. The number of nitrogens with one attached hydrogen (secondary N) is 2. The zero-order chi connectivity index (χ0) is 23.1. The standard InChI is InChI=1S/C25H22N2O5/c1-16-7-6-10-21(23(16)26-17(2)28)25(31)32-15-22(29)18-11-13-20(14-12-18)27-24(30)19-8-4-3-5-9-19/h3-14H,15H2,1-2H3,(H,26,28)(H,27,30). The third kappa shape index (κ3) is 5.66. The minimum absolute atomic E-state index is 0.173. The molecule has 0 aromatic heterocycles. The van der Waals surface area contributed by atoms with Crippen LogP contribution in [-0.4, -0.2) is 30.2 Å². The van der Waals surface area contributed by atoms with Gasteiger partial charge in [0.2, 0.25) is 5.91 Å². The number of esters is 1. The number of rotatable bonds is 7. The Hall–Kier alpha value is -4.26. The maximum absolute atomic E-state index is 12.5. The summed E-state index contributed by atoms with van der Waals surface area (Å²) in [4.78, 5) is 48.5. The quantitative estimate of drug-likeness (QED) is 0.431. The Morgan fingerprint density at radius 1 is 0.781 bits per heavy atom. The van der Waals surface area contributed by atoms with Crippen LogP contribution in [0.2, 0.25) is 0 Å². The third-order valence-electron chi connectivity index (χ3n) is 4.63. The van der Waals surface area contributed by atoms with Crippen LogP contribution in [0.1, 0.15) is 43.6 Å². The van der Waals surface area contributed by atoms with Gasteiger partial charge in [0.1, 0.15) is 0 Å². The molecular formula is C25H22N2O5.